The molecule has 0 aliphatic carbocycles. The van der Waals surface area contributed by atoms with Crippen LogP contribution in [0.4, 0.5) is 0 Å². The van der Waals surface area contributed by atoms with E-state index in [0.29, 0.717) is 0 Å². The second-order valence-electron chi connectivity index (χ2n) is 3.33. The first-order chi connectivity index (χ1) is 8.54. The fraction of sp³-hybridized carbons (Fsp3) is 0.750. The van der Waals surface area contributed by atoms with Gasteiger partial charge in [0.1, 0.15) is 0 Å². The first-order valence-corrected chi connectivity index (χ1v) is 7.50. The minimum atomic E-state index is -0.995. The number of carbonyl (C=O) groups excluding carboxylic acids is 3. The molecule has 0 atom stereocenters. The van der Waals surface area contributed by atoms with E-state index in [-0.39, 0.29) is 19.3 Å². The van der Waals surface area contributed by atoms with Crippen LogP contribution >= 0.6 is 0 Å². The Bertz CT molecular complexity index is 192. The van der Waals surface area contributed by atoms with E-state index in [4.69, 9.17) is 0 Å². The number of rotatable bonds is 3. The molecule has 0 N–H and O–H groups in total. The van der Waals surface area contributed by atoms with E-state index in [9.17, 15) is 29.7 Å². The van der Waals surface area contributed by atoms with Gasteiger partial charge in [-0.05, 0) is 19.3 Å². The van der Waals surface area contributed by atoms with Crippen molar-refractivity contribution in [3.8, 4) is 0 Å². The Labute approximate surface area is 128 Å². The van der Waals surface area contributed by atoms with Crippen molar-refractivity contribution < 1.29 is 29.7 Å². The van der Waals surface area contributed by atoms with Gasteiger partial charge in [-0.1, -0.05) is 20.8 Å². The summed E-state index contributed by atoms with van der Waals surface area (Å²) in [5.74, 6) is -2.99. The molecule has 0 aliphatic heterocycles. The van der Waals surface area contributed by atoms with E-state index in [0.717, 1.165) is 3.93 Å². The SMILES string of the molecule is CCC(=O)[O-].CCC(=O)[O-].CCC(=O)[O-].C[CH](C)[Sn+3]. The predicted molar refractivity (Wildman–Crippen MR) is 66.7 cm³/mol. The van der Waals surface area contributed by atoms with Crippen LogP contribution in [-0.2, 0) is 14.4 Å². The normalized spacial score (nSPS) is 7.79. The molecule has 0 saturated carbocycles. The number of hydrogen-bond acceptors (Lipinski definition) is 6. The van der Waals surface area contributed by atoms with E-state index < -0.39 is 17.9 Å². The molecule has 0 saturated heterocycles. The molecule has 0 aromatic carbocycles. The van der Waals surface area contributed by atoms with Crippen LogP contribution in [0, 0.1) is 0 Å². The molecule has 0 aromatic rings. The molecule has 0 heterocycles. The fourth-order valence-electron chi connectivity index (χ4n) is 0. The Hall–Kier alpha value is -0.791. The van der Waals surface area contributed by atoms with Crippen LogP contribution < -0.4 is 15.3 Å². The third-order valence-electron chi connectivity index (χ3n) is 0.866. The molecule has 110 valence electrons. The second-order valence-corrected chi connectivity index (χ2v) is 6.63. The van der Waals surface area contributed by atoms with Crippen LogP contribution in [-0.4, -0.2) is 40.4 Å². The number of carboxylic acid groups (broad SMARTS) is 3. The first-order valence-electron chi connectivity index (χ1n) is 5.85. The third kappa shape index (κ3) is 147. The van der Waals surface area contributed by atoms with E-state index in [1.165, 1.54) is 20.8 Å². The number of carbonyl (C=O) groups is 3. The maximum absolute atomic E-state index is 9.26. The Balaban J connectivity index is -0.0000000793. The minimum absolute atomic E-state index is 0.111. The molecule has 19 heavy (non-hydrogen) atoms. The summed E-state index contributed by atoms with van der Waals surface area (Å²) in [6.45, 7) is 9.02. The van der Waals surface area contributed by atoms with Gasteiger partial charge in [0.15, 0.2) is 0 Å². The summed E-state index contributed by atoms with van der Waals surface area (Å²) in [7, 11) is 0. The number of hydrogen-bond donors (Lipinski definition) is 0. The topological polar surface area (TPSA) is 120 Å². The van der Waals surface area contributed by atoms with Crippen molar-refractivity contribution in [2.24, 2.45) is 0 Å². The average Bonchev–Trinajstić information content (AvgIpc) is 2.29. The quantitative estimate of drug-likeness (QED) is 0.545. The zero-order chi connectivity index (χ0) is 16.4. The predicted octanol–water partition coefficient (Wildman–Crippen LogP) is -1.58. The van der Waals surface area contributed by atoms with Gasteiger partial charge in [-0.25, -0.2) is 0 Å². The van der Waals surface area contributed by atoms with E-state index in [1.807, 2.05) is 0 Å². The van der Waals surface area contributed by atoms with Gasteiger partial charge in [-0.2, -0.15) is 0 Å². The third-order valence-corrected chi connectivity index (χ3v) is 0.866. The van der Waals surface area contributed by atoms with E-state index >= 15 is 0 Å². The van der Waals surface area contributed by atoms with Crippen LogP contribution in [0.15, 0.2) is 0 Å². The van der Waals surface area contributed by atoms with Crippen molar-refractivity contribution in [3.63, 3.8) is 0 Å². The van der Waals surface area contributed by atoms with Gasteiger partial charge in [0.2, 0.25) is 0 Å². The molecule has 0 aliphatic rings. The van der Waals surface area contributed by atoms with Crippen LogP contribution in [0.1, 0.15) is 53.9 Å². The van der Waals surface area contributed by atoms with Gasteiger partial charge in [0.25, 0.3) is 0 Å². The number of aliphatic carboxylic acids is 3. The van der Waals surface area contributed by atoms with Crippen molar-refractivity contribution in [2.45, 2.75) is 57.8 Å². The summed E-state index contributed by atoms with van der Waals surface area (Å²) in [5, 5.41) is 27.8. The summed E-state index contributed by atoms with van der Waals surface area (Å²) in [4.78, 5) is 27.8. The van der Waals surface area contributed by atoms with Crippen molar-refractivity contribution in [3.05, 3.63) is 0 Å². The molecule has 0 amide bonds. The monoisotopic (exact) mass is 382 g/mol. The van der Waals surface area contributed by atoms with Crippen LogP contribution in [0.3, 0.4) is 0 Å². The Morgan fingerprint density at radius 1 is 0.789 bits per heavy atom. The van der Waals surface area contributed by atoms with Crippen LogP contribution in [0.5, 0.6) is 0 Å². The molecule has 0 rings (SSSR count). The van der Waals surface area contributed by atoms with Gasteiger partial charge in [0, 0.05) is 17.9 Å². The standard InChI is InChI=1S/3C3H6O2.C3H7.Sn/c3*1-2-3(4)5;1-3-2;/h3*2H2,1H3,(H,4,5);3H,1-2H3;/q;;;;+3/p-3. The maximum atomic E-state index is 9.26. The second kappa shape index (κ2) is 22.4. The van der Waals surface area contributed by atoms with Gasteiger partial charge >= 0.3 is 40.3 Å². The Morgan fingerprint density at radius 3 is 0.842 bits per heavy atom. The molecule has 0 unspecified atom stereocenters. The molecule has 0 radical (unpaired) electrons. The van der Waals surface area contributed by atoms with E-state index in [1.54, 1.807) is 22.5 Å². The summed E-state index contributed by atoms with van der Waals surface area (Å²) < 4.78 is 0.923. The van der Waals surface area contributed by atoms with Crippen molar-refractivity contribution in [1.82, 2.24) is 0 Å². The summed E-state index contributed by atoms with van der Waals surface area (Å²) in [6.07, 6.45) is 0.333. The molecule has 0 fully saturated rings. The van der Waals surface area contributed by atoms with Crippen LogP contribution in [0.25, 0.3) is 0 Å². The van der Waals surface area contributed by atoms with Crippen molar-refractivity contribution in [2.75, 3.05) is 0 Å². The van der Waals surface area contributed by atoms with Gasteiger partial charge < -0.3 is 29.7 Å². The summed E-state index contributed by atoms with van der Waals surface area (Å²) in [5.41, 5.74) is 0. The van der Waals surface area contributed by atoms with Gasteiger partial charge in [0.05, 0.1) is 0 Å². The van der Waals surface area contributed by atoms with Gasteiger partial charge in [-0.15, -0.1) is 0 Å². The molecular weight excluding hydrogens is 359 g/mol. The first kappa shape index (κ1) is 26.7. The Morgan fingerprint density at radius 2 is 0.842 bits per heavy atom. The zero-order valence-corrected chi connectivity index (χ0v) is 15.0. The number of carboxylic acids is 3. The molecular formula is C12H22O6Sn. The zero-order valence-electron chi connectivity index (χ0n) is 12.1. The summed E-state index contributed by atoms with van der Waals surface area (Å²) in [6, 6.07) is 0. The summed E-state index contributed by atoms with van der Waals surface area (Å²) >= 11 is 1.64. The molecule has 0 aromatic heterocycles. The van der Waals surface area contributed by atoms with Crippen molar-refractivity contribution in [1.29, 1.82) is 0 Å². The van der Waals surface area contributed by atoms with E-state index in [2.05, 4.69) is 13.8 Å². The molecule has 0 bridgehead atoms. The van der Waals surface area contributed by atoms with Crippen molar-refractivity contribution >= 4 is 40.4 Å². The molecule has 7 heteroatoms. The average molecular weight is 381 g/mol. The molecule has 6 nitrogen and oxygen atoms in total. The fourth-order valence-corrected chi connectivity index (χ4v) is 0. The molecule has 0 spiro atoms. The van der Waals surface area contributed by atoms with Gasteiger partial charge in [-0.3, -0.25) is 0 Å². The van der Waals surface area contributed by atoms with Crippen LogP contribution in [0.2, 0.25) is 3.93 Å². The Kier molecular flexibility index (Phi) is 31.5.